The van der Waals surface area contributed by atoms with Crippen molar-refractivity contribution in [2.24, 2.45) is 5.41 Å². The molecule has 1 rings (SSSR count). The Morgan fingerprint density at radius 1 is 1.27 bits per heavy atom. The molecule has 15 heavy (non-hydrogen) atoms. The van der Waals surface area contributed by atoms with Gasteiger partial charge in [-0.25, -0.2) is 0 Å². The first kappa shape index (κ1) is 12.6. The Balaban J connectivity index is 2.76. The van der Waals surface area contributed by atoms with E-state index in [4.69, 9.17) is 0 Å². The summed E-state index contributed by atoms with van der Waals surface area (Å²) in [4.78, 5) is 0. The Labute approximate surface area is 101 Å². The fraction of sp³-hybridized carbons (Fsp3) is 0.538. The summed E-state index contributed by atoms with van der Waals surface area (Å²) in [6.45, 7) is 9.91. The highest BCUT2D eigenvalue weighted by molar-refractivity contribution is 9.10. The molecule has 0 fully saturated rings. The average molecular weight is 270 g/mol. The van der Waals surface area contributed by atoms with Crippen molar-refractivity contribution in [3.63, 3.8) is 0 Å². The van der Waals surface area contributed by atoms with E-state index in [9.17, 15) is 0 Å². The zero-order valence-corrected chi connectivity index (χ0v) is 11.6. The van der Waals surface area contributed by atoms with Gasteiger partial charge in [0.2, 0.25) is 0 Å². The quantitative estimate of drug-likeness (QED) is 0.854. The van der Waals surface area contributed by atoms with Crippen LogP contribution in [0.1, 0.15) is 33.3 Å². The number of halogens is 1. The Hall–Kier alpha value is -0.500. The maximum absolute atomic E-state index is 3.51. The molecule has 0 radical (unpaired) electrons. The van der Waals surface area contributed by atoms with Crippen molar-refractivity contribution in [1.29, 1.82) is 0 Å². The zero-order chi connectivity index (χ0) is 11.5. The first-order valence-corrected chi connectivity index (χ1v) is 6.24. The third-order valence-corrected chi connectivity index (χ3v) is 2.75. The maximum atomic E-state index is 3.51. The molecule has 0 aliphatic rings. The minimum absolute atomic E-state index is 0.318. The minimum atomic E-state index is 0.318. The number of anilines is 1. The van der Waals surface area contributed by atoms with Gasteiger partial charge in [0.1, 0.15) is 0 Å². The van der Waals surface area contributed by atoms with Gasteiger partial charge in [0, 0.05) is 16.7 Å². The van der Waals surface area contributed by atoms with Gasteiger partial charge in [-0.15, -0.1) is 0 Å². The molecule has 0 spiro atoms. The third kappa shape index (κ3) is 4.25. The van der Waals surface area contributed by atoms with Gasteiger partial charge in [0.25, 0.3) is 0 Å². The van der Waals surface area contributed by atoms with Gasteiger partial charge in [0.15, 0.2) is 0 Å². The predicted octanol–water partition coefficient (Wildman–Crippen LogP) is 4.47. The van der Waals surface area contributed by atoms with E-state index in [0.717, 1.165) is 17.4 Å². The number of rotatable bonds is 3. The molecule has 1 aromatic rings. The molecule has 2 heteroatoms. The van der Waals surface area contributed by atoms with E-state index < -0.39 is 0 Å². The summed E-state index contributed by atoms with van der Waals surface area (Å²) in [5.74, 6) is 0. The minimum Gasteiger partial charge on any atom is -0.384 e. The van der Waals surface area contributed by atoms with Crippen LogP contribution >= 0.6 is 15.9 Å². The second-order valence-electron chi connectivity index (χ2n) is 5.07. The monoisotopic (exact) mass is 269 g/mol. The maximum Gasteiger partial charge on any atom is 0.0373 e. The average Bonchev–Trinajstić information content (AvgIpc) is 2.14. The summed E-state index contributed by atoms with van der Waals surface area (Å²) < 4.78 is 1.15. The van der Waals surface area contributed by atoms with Crippen LogP contribution in [-0.4, -0.2) is 6.54 Å². The van der Waals surface area contributed by atoms with Gasteiger partial charge in [-0.3, -0.25) is 0 Å². The molecule has 0 unspecified atom stereocenters. The van der Waals surface area contributed by atoms with Crippen LogP contribution in [0.5, 0.6) is 0 Å². The number of benzene rings is 1. The summed E-state index contributed by atoms with van der Waals surface area (Å²) in [5.41, 5.74) is 2.95. The standard InChI is InChI=1S/C13H20BrN/c1-5-10-8-11(14)6-7-12(10)15-9-13(2,3)4/h6-8,15H,5,9H2,1-4H3. The lowest BCUT2D eigenvalue weighted by Crippen LogP contribution is -2.19. The summed E-state index contributed by atoms with van der Waals surface area (Å²) in [5, 5.41) is 3.51. The van der Waals surface area contributed by atoms with E-state index in [2.05, 4.69) is 67.1 Å². The molecule has 1 N–H and O–H groups in total. The largest absolute Gasteiger partial charge is 0.384 e. The van der Waals surface area contributed by atoms with E-state index >= 15 is 0 Å². The molecule has 0 aliphatic carbocycles. The SMILES string of the molecule is CCc1cc(Br)ccc1NCC(C)(C)C. The van der Waals surface area contributed by atoms with Gasteiger partial charge in [-0.1, -0.05) is 43.6 Å². The Morgan fingerprint density at radius 2 is 1.93 bits per heavy atom. The molecule has 0 amide bonds. The highest BCUT2D eigenvalue weighted by Gasteiger charge is 2.10. The van der Waals surface area contributed by atoms with Crippen LogP contribution in [0.25, 0.3) is 0 Å². The fourth-order valence-corrected chi connectivity index (χ4v) is 1.80. The summed E-state index contributed by atoms with van der Waals surface area (Å²) in [6, 6.07) is 6.42. The van der Waals surface area contributed by atoms with E-state index in [0.29, 0.717) is 5.41 Å². The van der Waals surface area contributed by atoms with Crippen LogP contribution in [0.4, 0.5) is 5.69 Å². The zero-order valence-electron chi connectivity index (χ0n) is 10.0. The highest BCUT2D eigenvalue weighted by Crippen LogP contribution is 2.23. The van der Waals surface area contributed by atoms with Crippen molar-refractivity contribution in [3.05, 3.63) is 28.2 Å². The molecule has 0 aliphatic heterocycles. The van der Waals surface area contributed by atoms with Crippen LogP contribution in [-0.2, 0) is 6.42 Å². The van der Waals surface area contributed by atoms with Crippen LogP contribution in [0.15, 0.2) is 22.7 Å². The lowest BCUT2D eigenvalue weighted by Gasteiger charge is -2.21. The normalized spacial score (nSPS) is 11.5. The molecular weight excluding hydrogens is 250 g/mol. The van der Waals surface area contributed by atoms with Gasteiger partial charge in [0.05, 0.1) is 0 Å². The topological polar surface area (TPSA) is 12.0 Å². The van der Waals surface area contributed by atoms with Crippen molar-refractivity contribution < 1.29 is 0 Å². The van der Waals surface area contributed by atoms with Crippen molar-refractivity contribution in [1.82, 2.24) is 0 Å². The van der Waals surface area contributed by atoms with Crippen molar-refractivity contribution >= 4 is 21.6 Å². The molecule has 0 bridgehead atoms. The Kier molecular flexibility index (Phi) is 4.21. The summed E-state index contributed by atoms with van der Waals surface area (Å²) in [7, 11) is 0. The molecule has 0 aromatic heterocycles. The second-order valence-corrected chi connectivity index (χ2v) is 5.98. The molecular formula is C13H20BrN. The van der Waals surface area contributed by atoms with Crippen LogP contribution in [0.2, 0.25) is 0 Å². The Bertz CT molecular complexity index is 326. The first-order valence-electron chi connectivity index (χ1n) is 5.44. The van der Waals surface area contributed by atoms with E-state index in [1.165, 1.54) is 11.3 Å². The van der Waals surface area contributed by atoms with Crippen molar-refractivity contribution in [2.75, 3.05) is 11.9 Å². The number of hydrogen-bond acceptors (Lipinski definition) is 1. The number of nitrogens with one attached hydrogen (secondary N) is 1. The van der Waals surface area contributed by atoms with Gasteiger partial charge >= 0.3 is 0 Å². The van der Waals surface area contributed by atoms with Gasteiger partial charge in [-0.2, -0.15) is 0 Å². The summed E-state index contributed by atoms with van der Waals surface area (Å²) >= 11 is 3.50. The number of hydrogen-bond donors (Lipinski definition) is 1. The fourth-order valence-electron chi connectivity index (χ4n) is 1.39. The molecule has 0 heterocycles. The molecule has 0 atom stereocenters. The molecule has 84 valence electrons. The molecule has 1 nitrogen and oxygen atoms in total. The van der Waals surface area contributed by atoms with Gasteiger partial charge < -0.3 is 5.32 Å². The molecule has 0 saturated carbocycles. The summed E-state index contributed by atoms with van der Waals surface area (Å²) in [6.07, 6.45) is 1.06. The first-order chi connectivity index (χ1) is 6.92. The van der Waals surface area contributed by atoms with Crippen LogP contribution in [0, 0.1) is 5.41 Å². The van der Waals surface area contributed by atoms with Gasteiger partial charge in [-0.05, 0) is 35.6 Å². The van der Waals surface area contributed by atoms with E-state index in [-0.39, 0.29) is 0 Å². The predicted molar refractivity (Wildman–Crippen MR) is 71.5 cm³/mol. The molecule has 0 saturated heterocycles. The lowest BCUT2D eigenvalue weighted by molar-refractivity contribution is 0.443. The third-order valence-electron chi connectivity index (χ3n) is 2.26. The second kappa shape index (κ2) is 5.02. The lowest BCUT2D eigenvalue weighted by atomic mass is 9.96. The van der Waals surface area contributed by atoms with Crippen LogP contribution < -0.4 is 5.32 Å². The van der Waals surface area contributed by atoms with E-state index in [1.54, 1.807) is 0 Å². The van der Waals surface area contributed by atoms with Crippen molar-refractivity contribution in [3.8, 4) is 0 Å². The van der Waals surface area contributed by atoms with Crippen LogP contribution in [0.3, 0.4) is 0 Å². The number of aryl methyl sites for hydroxylation is 1. The smallest absolute Gasteiger partial charge is 0.0373 e. The van der Waals surface area contributed by atoms with Crippen molar-refractivity contribution in [2.45, 2.75) is 34.1 Å². The highest BCUT2D eigenvalue weighted by atomic mass is 79.9. The van der Waals surface area contributed by atoms with E-state index in [1.807, 2.05) is 0 Å². The molecule has 1 aromatic carbocycles. The Morgan fingerprint density at radius 3 is 2.47 bits per heavy atom.